The van der Waals surface area contributed by atoms with Crippen molar-refractivity contribution in [2.24, 2.45) is 0 Å². The van der Waals surface area contributed by atoms with Crippen molar-refractivity contribution in [2.45, 2.75) is 13.0 Å². The van der Waals surface area contributed by atoms with Crippen LogP contribution in [0.1, 0.15) is 17.4 Å². The fraction of sp³-hybridized carbons (Fsp3) is 0.150. The van der Waals surface area contributed by atoms with E-state index >= 15 is 0 Å². The van der Waals surface area contributed by atoms with E-state index in [4.69, 9.17) is 21.1 Å². The van der Waals surface area contributed by atoms with E-state index in [0.717, 1.165) is 5.56 Å². The number of amides is 1. The summed E-state index contributed by atoms with van der Waals surface area (Å²) in [4.78, 5) is 28.9. The number of thiazole rings is 1. The minimum Gasteiger partial charge on any atom is -0.497 e. The maximum Gasteiger partial charge on any atom is 0.358 e. The van der Waals surface area contributed by atoms with Gasteiger partial charge in [-0.15, -0.1) is 11.3 Å². The lowest BCUT2D eigenvalue weighted by Gasteiger charge is -2.13. The van der Waals surface area contributed by atoms with Crippen LogP contribution in [0.25, 0.3) is 10.6 Å². The van der Waals surface area contributed by atoms with Gasteiger partial charge in [0.2, 0.25) is 0 Å². The summed E-state index contributed by atoms with van der Waals surface area (Å²) in [5, 5.41) is 5.50. The molecule has 6 nitrogen and oxygen atoms in total. The van der Waals surface area contributed by atoms with Crippen LogP contribution in [0, 0.1) is 0 Å². The largest absolute Gasteiger partial charge is 0.497 e. The lowest BCUT2D eigenvalue weighted by Crippen LogP contribution is -2.30. The number of hydrogen-bond donors (Lipinski definition) is 1. The Kier molecular flexibility index (Phi) is 6.28. The molecule has 3 aromatic rings. The number of benzene rings is 2. The summed E-state index contributed by atoms with van der Waals surface area (Å²) in [6, 6.07) is 14.1. The zero-order valence-electron chi connectivity index (χ0n) is 15.1. The van der Waals surface area contributed by atoms with E-state index in [2.05, 4.69) is 10.3 Å². The molecule has 0 saturated heterocycles. The molecule has 0 aliphatic rings. The minimum atomic E-state index is -0.991. The third kappa shape index (κ3) is 4.88. The van der Waals surface area contributed by atoms with Crippen molar-refractivity contribution >= 4 is 40.5 Å². The van der Waals surface area contributed by atoms with Gasteiger partial charge in [0.1, 0.15) is 10.8 Å². The van der Waals surface area contributed by atoms with E-state index in [1.165, 1.54) is 25.4 Å². The van der Waals surface area contributed by atoms with Crippen LogP contribution < -0.4 is 10.1 Å². The number of rotatable bonds is 6. The number of carbonyl (C=O) groups is 2. The number of esters is 1. The van der Waals surface area contributed by atoms with Gasteiger partial charge in [-0.05, 0) is 31.2 Å². The zero-order chi connectivity index (χ0) is 20.1. The number of carbonyl (C=O) groups excluding carboxylic acids is 2. The average molecular weight is 417 g/mol. The molecule has 0 aliphatic heterocycles. The van der Waals surface area contributed by atoms with E-state index in [1.807, 2.05) is 12.1 Å². The Labute approximate surface area is 171 Å². The van der Waals surface area contributed by atoms with Gasteiger partial charge in [-0.2, -0.15) is 0 Å². The van der Waals surface area contributed by atoms with Crippen LogP contribution in [0.5, 0.6) is 5.75 Å². The van der Waals surface area contributed by atoms with E-state index < -0.39 is 18.0 Å². The summed E-state index contributed by atoms with van der Waals surface area (Å²) in [6.07, 6.45) is -0.991. The Hall–Kier alpha value is -2.90. The van der Waals surface area contributed by atoms with Crippen molar-refractivity contribution in [1.82, 2.24) is 4.98 Å². The molecule has 3 rings (SSSR count). The van der Waals surface area contributed by atoms with Gasteiger partial charge in [0.15, 0.2) is 11.8 Å². The predicted molar refractivity (Wildman–Crippen MR) is 109 cm³/mol. The fourth-order valence-corrected chi connectivity index (χ4v) is 3.32. The molecule has 1 N–H and O–H groups in total. The van der Waals surface area contributed by atoms with Crippen molar-refractivity contribution in [3.63, 3.8) is 0 Å². The predicted octanol–water partition coefficient (Wildman–Crippen LogP) is 4.66. The van der Waals surface area contributed by atoms with Gasteiger partial charge in [-0.3, -0.25) is 4.79 Å². The number of halogens is 1. The molecule has 8 heteroatoms. The van der Waals surface area contributed by atoms with Gasteiger partial charge in [0.05, 0.1) is 7.11 Å². The van der Waals surface area contributed by atoms with Crippen LogP contribution in [-0.4, -0.2) is 30.1 Å². The average Bonchev–Trinajstić information content (AvgIpc) is 3.18. The Bertz CT molecular complexity index is 1010. The number of anilines is 1. The minimum absolute atomic E-state index is 0.140. The summed E-state index contributed by atoms with van der Waals surface area (Å²) in [5.41, 5.74) is 1.49. The number of aromatic nitrogens is 1. The van der Waals surface area contributed by atoms with Crippen molar-refractivity contribution in [3.8, 4) is 16.3 Å². The third-order valence-electron chi connectivity index (χ3n) is 3.78. The quantitative estimate of drug-likeness (QED) is 0.591. The van der Waals surface area contributed by atoms with Gasteiger partial charge < -0.3 is 14.8 Å². The lowest BCUT2D eigenvalue weighted by molar-refractivity contribution is -0.123. The molecule has 1 amide bonds. The molecular formula is C20H17ClN2O4S. The fourth-order valence-electron chi connectivity index (χ4n) is 2.34. The summed E-state index contributed by atoms with van der Waals surface area (Å²) in [6.45, 7) is 1.50. The molecule has 0 fully saturated rings. The van der Waals surface area contributed by atoms with Crippen LogP contribution in [0.3, 0.4) is 0 Å². The number of methoxy groups -OCH3 is 1. The first-order chi connectivity index (χ1) is 13.5. The second kappa shape index (κ2) is 8.86. The first-order valence-corrected chi connectivity index (χ1v) is 9.59. The van der Waals surface area contributed by atoms with Crippen molar-refractivity contribution in [2.75, 3.05) is 12.4 Å². The SMILES string of the molecule is COc1cccc(NC(=O)C(C)OC(=O)c2csc(-c3cccc(Cl)c3)n2)c1. The van der Waals surface area contributed by atoms with E-state index in [0.29, 0.717) is 21.5 Å². The van der Waals surface area contributed by atoms with Crippen LogP contribution in [-0.2, 0) is 9.53 Å². The standard InChI is InChI=1S/C20H17ClN2O4S/c1-12(18(24)22-15-7-4-8-16(10-15)26-2)27-20(25)17-11-28-19(23-17)13-5-3-6-14(21)9-13/h3-12H,1-2H3,(H,22,24). The Morgan fingerprint density at radius 2 is 1.96 bits per heavy atom. The molecule has 0 aliphatic carbocycles. The van der Waals surface area contributed by atoms with Crippen LogP contribution in [0.15, 0.2) is 53.9 Å². The zero-order valence-corrected chi connectivity index (χ0v) is 16.7. The molecule has 0 bridgehead atoms. The maximum atomic E-state index is 12.3. The highest BCUT2D eigenvalue weighted by atomic mass is 35.5. The highest BCUT2D eigenvalue weighted by molar-refractivity contribution is 7.13. The first kappa shape index (κ1) is 19.9. The summed E-state index contributed by atoms with van der Waals surface area (Å²) in [7, 11) is 1.54. The van der Waals surface area contributed by atoms with Gasteiger partial charge in [0.25, 0.3) is 5.91 Å². The van der Waals surface area contributed by atoms with Crippen molar-refractivity contribution in [1.29, 1.82) is 0 Å². The number of ether oxygens (including phenoxy) is 2. The summed E-state index contributed by atoms with van der Waals surface area (Å²) < 4.78 is 10.3. The third-order valence-corrected chi connectivity index (χ3v) is 4.90. The van der Waals surface area contributed by atoms with Crippen LogP contribution in [0.4, 0.5) is 5.69 Å². The molecular weight excluding hydrogens is 400 g/mol. The molecule has 2 aromatic carbocycles. The molecule has 1 atom stereocenters. The van der Waals surface area contributed by atoms with Gasteiger partial charge in [0, 0.05) is 27.7 Å². The van der Waals surface area contributed by atoms with Gasteiger partial charge >= 0.3 is 5.97 Å². The van der Waals surface area contributed by atoms with Gasteiger partial charge in [-0.25, -0.2) is 9.78 Å². The van der Waals surface area contributed by atoms with Crippen LogP contribution >= 0.6 is 22.9 Å². The second-order valence-electron chi connectivity index (χ2n) is 5.82. The molecule has 1 unspecified atom stereocenters. The molecule has 0 spiro atoms. The first-order valence-electron chi connectivity index (χ1n) is 8.33. The topological polar surface area (TPSA) is 77.5 Å². The van der Waals surface area contributed by atoms with Crippen molar-refractivity contribution in [3.05, 3.63) is 64.6 Å². The van der Waals surface area contributed by atoms with E-state index in [1.54, 1.807) is 41.8 Å². The Morgan fingerprint density at radius 1 is 1.18 bits per heavy atom. The molecule has 0 radical (unpaired) electrons. The maximum absolute atomic E-state index is 12.3. The lowest BCUT2D eigenvalue weighted by atomic mass is 10.2. The highest BCUT2D eigenvalue weighted by Gasteiger charge is 2.21. The smallest absolute Gasteiger partial charge is 0.358 e. The van der Waals surface area contributed by atoms with Crippen molar-refractivity contribution < 1.29 is 19.1 Å². The van der Waals surface area contributed by atoms with E-state index in [9.17, 15) is 9.59 Å². The number of hydrogen-bond acceptors (Lipinski definition) is 6. The highest BCUT2D eigenvalue weighted by Crippen LogP contribution is 2.26. The van der Waals surface area contributed by atoms with Crippen LogP contribution in [0.2, 0.25) is 5.02 Å². The van der Waals surface area contributed by atoms with E-state index in [-0.39, 0.29) is 5.69 Å². The second-order valence-corrected chi connectivity index (χ2v) is 7.11. The summed E-state index contributed by atoms with van der Waals surface area (Å²) >= 11 is 7.28. The normalized spacial score (nSPS) is 11.5. The Morgan fingerprint density at radius 3 is 2.71 bits per heavy atom. The van der Waals surface area contributed by atoms with Gasteiger partial charge in [-0.1, -0.05) is 29.8 Å². The molecule has 1 aromatic heterocycles. The molecule has 28 heavy (non-hydrogen) atoms. The monoisotopic (exact) mass is 416 g/mol. The molecule has 1 heterocycles. The molecule has 0 saturated carbocycles. The number of nitrogens with zero attached hydrogens (tertiary/aromatic N) is 1. The summed E-state index contributed by atoms with van der Waals surface area (Å²) in [5.74, 6) is -0.511. The Balaban J connectivity index is 1.63. The molecule has 144 valence electrons. The number of nitrogens with one attached hydrogen (secondary N) is 1.